The third-order valence-corrected chi connectivity index (χ3v) is 4.42. The molecule has 0 aliphatic heterocycles. The highest BCUT2D eigenvalue weighted by Crippen LogP contribution is 2.27. The number of aliphatic imine (C=N–C) groups is 1. The van der Waals surface area contributed by atoms with E-state index in [9.17, 15) is 0 Å². The van der Waals surface area contributed by atoms with Gasteiger partial charge < -0.3 is 15.4 Å². The maximum atomic E-state index is 5.79. The average Bonchev–Trinajstić information content (AvgIpc) is 3.50. The molecule has 0 radical (unpaired) electrons. The largest absolute Gasteiger partial charge is 0.372 e. The summed E-state index contributed by atoms with van der Waals surface area (Å²) in [5.41, 5.74) is 3.60. The highest BCUT2D eigenvalue weighted by atomic mass is 16.5. The number of guanidine groups is 1. The standard InChI is InChI=1S/C22H29N3O/c1-2-23-22(24-14-18-8-9-18)25-15-19-10-12-21(13-11-19)17-26-16-20-6-4-3-5-7-20/h3-7,10-13,18H,2,8-9,14-17H2,1H3,(H2,23,24,25). The minimum Gasteiger partial charge on any atom is -0.372 e. The van der Waals surface area contributed by atoms with Crippen LogP contribution in [0.4, 0.5) is 0 Å². The predicted molar refractivity (Wildman–Crippen MR) is 107 cm³/mol. The molecule has 1 fully saturated rings. The van der Waals surface area contributed by atoms with Crippen LogP contribution in [0.1, 0.15) is 36.5 Å². The van der Waals surface area contributed by atoms with Gasteiger partial charge in [-0.2, -0.15) is 0 Å². The molecule has 0 unspecified atom stereocenters. The molecule has 138 valence electrons. The zero-order chi connectivity index (χ0) is 18.0. The van der Waals surface area contributed by atoms with E-state index in [1.54, 1.807) is 0 Å². The van der Waals surface area contributed by atoms with Gasteiger partial charge in [0.1, 0.15) is 0 Å². The Bertz CT molecular complexity index is 678. The van der Waals surface area contributed by atoms with Gasteiger partial charge in [-0.25, -0.2) is 4.99 Å². The maximum absolute atomic E-state index is 5.79. The van der Waals surface area contributed by atoms with Gasteiger partial charge in [0.2, 0.25) is 0 Å². The fourth-order valence-corrected chi connectivity index (χ4v) is 2.68. The van der Waals surface area contributed by atoms with E-state index >= 15 is 0 Å². The van der Waals surface area contributed by atoms with E-state index in [1.165, 1.54) is 29.5 Å². The van der Waals surface area contributed by atoms with Crippen LogP contribution in [0.15, 0.2) is 59.6 Å². The van der Waals surface area contributed by atoms with E-state index in [-0.39, 0.29) is 0 Å². The lowest BCUT2D eigenvalue weighted by Gasteiger charge is -2.11. The first-order valence-electron chi connectivity index (χ1n) is 9.55. The van der Waals surface area contributed by atoms with Crippen LogP contribution >= 0.6 is 0 Å². The van der Waals surface area contributed by atoms with Gasteiger partial charge in [-0.15, -0.1) is 0 Å². The van der Waals surface area contributed by atoms with Gasteiger partial charge in [-0.1, -0.05) is 54.6 Å². The monoisotopic (exact) mass is 351 g/mol. The van der Waals surface area contributed by atoms with E-state index < -0.39 is 0 Å². The lowest BCUT2D eigenvalue weighted by molar-refractivity contribution is 0.107. The lowest BCUT2D eigenvalue weighted by atomic mass is 10.1. The topological polar surface area (TPSA) is 45.7 Å². The zero-order valence-corrected chi connectivity index (χ0v) is 15.6. The van der Waals surface area contributed by atoms with E-state index in [2.05, 4.69) is 58.9 Å². The zero-order valence-electron chi connectivity index (χ0n) is 15.6. The summed E-state index contributed by atoms with van der Waals surface area (Å²) >= 11 is 0. The van der Waals surface area contributed by atoms with Gasteiger partial charge in [-0.3, -0.25) is 0 Å². The molecule has 0 bridgehead atoms. The van der Waals surface area contributed by atoms with Crippen LogP contribution in [0.25, 0.3) is 0 Å². The molecule has 1 saturated carbocycles. The summed E-state index contributed by atoms with van der Waals surface area (Å²) in [7, 11) is 0. The number of rotatable bonds is 9. The lowest BCUT2D eigenvalue weighted by Crippen LogP contribution is -2.38. The molecule has 2 aromatic rings. The van der Waals surface area contributed by atoms with Crippen LogP contribution in [-0.2, 0) is 24.5 Å². The summed E-state index contributed by atoms with van der Waals surface area (Å²) in [6, 6.07) is 18.8. The van der Waals surface area contributed by atoms with Gasteiger partial charge in [0.05, 0.1) is 19.8 Å². The second-order valence-corrected chi connectivity index (χ2v) is 6.81. The molecule has 0 amide bonds. The Hall–Kier alpha value is -2.33. The van der Waals surface area contributed by atoms with Gasteiger partial charge in [0, 0.05) is 13.1 Å². The van der Waals surface area contributed by atoms with Gasteiger partial charge in [0.15, 0.2) is 5.96 Å². The van der Waals surface area contributed by atoms with Crippen LogP contribution in [0, 0.1) is 5.92 Å². The summed E-state index contributed by atoms with van der Waals surface area (Å²) in [6.07, 6.45) is 2.69. The fraction of sp³-hybridized carbons (Fsp3) is 0.409. The van der Waals surface area contributed by atoms with Crippen molar-refractivity contribution in [1.82, 2.24) is 10.6 Å². The van der Waals surface area contributed by atoms with Crippen LogP contribution in [0.3, 0.4) is 0 Å². The molecule has 1 aliphatic rings. The number of benzene rings is 2. The third kappa shape index (κ3) is 6.52. The minimum absolute atomic E-state index is 0.629. The van der Waals surface area contributed by atoms with Crippen molar-refractivity contribution in [3.05, 3.63) is 71.3 Å². The molecule has 4 nitrogen and oxygen atoms in total. The van der Waals surface area contributed by atoms with Crippen LogP contribution in [0.5, 0.6) is 0 Å². The van der Waals surface area contributed by atoms with Crippen molar-refractivity contribution in [2.75, 3.05) is 13.1 Å². The van der Waals surface area contributed by atoms with Crippen molar-refractivity contribution in [3.63, 3.8) is 0 Å². The number of ether oxygens (including phenoxy) is 1. The summed E-state index contributed by atoms with van der Waals surface area (Å²) in [6.45, 7) is 5.97. The molecular weight excluding hydrogens is 322 g/mol. The number of hydrogen-bond donors (Lipinski definition) is 2. The predicted octanol–water partition coefficient (Wildman–Crippen LogP) is 3.87. The van der Waals surface area contributed by atoms with Crippen LogP contribution < -0.4 is 10.6 Å². The molecule has 0 spiro atoms. The van der Waals surface area contributed by atoms with Crippen molar-refractivity contribution in [1.29, 1.82) is 0 Å². The van der Waals surface area contributed by atoms with Crippen molar-refractivity contribution in [3.8, 4) is 0 Å². The molecular formula is C22H29N3O. The molecule has 4 heteroatoms. The number of hydrogen-bond acceptors (Lipinski definition) is 2. The minimum atomic E-state index is 0.629. The Balaban J connectivity index is 1.44. The van der Waals surface area contributed by atoms with E-state index in [4.69, 9.17) is 4.74 Å². The third-order valence-electron chi connectivity index (χ3n) is 4.42. The second kappa shape index (κ2) is 9.97. The summed E-state index contributed by atoms with van der Waals surface area (Å²) in [5.74, 6) is 1.75. The normalized spacial score (nSPS) is 14.3. The summed E-state index contributed by atoms with van der Waals surface area (Å²) in [4.78, 5) is 4.68. The summed E-state index contributed by atoms with van der Waals surface area (Å²) in [5, 5.41) is 6.74. The Labute approximate surface area is 156 Å². The second-order valence-electron chi connectivity index (χ2n) is 6.81. The van der Waals surface area contributed by atoms with E-state index in [0.717, 1.165) is 25.0 Å². The average molecular weight is 351 g/mol. The Morgan fingerprint density at radius 1 is 0.923 bits per heavy atom. The maximum Gasteiger partial charge on any atom is 0.191 e. The highest BCUT2D eigenvalue weighted by Gasteiger charge is 2.20. The molecule has 2 N–H and O–H groups in total. The Morgan fingerprint density at radius 2 is 1.58 bits per heavy atom. The van der Waals surface area contributed by atoms with Gasteiger partial charge in [0.25, 0.3) is 0 Å². The SMILES string of the molecule is CCNC(=NCc1ccc(COCc2ccccc2)cc1)NCC1CC1. The first-order valence-corrected chi connectivity index (χ1v) is 9.55. The van der Waals surface area contributed by atoms with Gasteiger partial charge in [-0.05, 0) is 42.4 Å². The molecule has 0 aromatic heterocycles. The first kappa shape index (κ1) is 18.5. The molecule has 3 rings (SSSR count). The molecule has 1 aliphatic carbocycles. The molecule has 2 aromatic carbocycles. The number of nitrogens with one attached hydrogen (secondary N) is 2. The molecule has 0 saturated heterocycles. The van der Waals surface area contributed by atoms with Crippen LogP contribution in [-0.4, -0.2) is 19.0 Å². The smallest absolute Gasteiger partial charge is 0.191 e. The van der Waals surface area contributed by atoms with Gasteiger partial charge >= 0.3 is 0 Å². The Kier molecular flexibility index (Phi) is 7.08. The number of nitrogens with zero attached hydrogens (tertiary/aromatic N) is 1. The molecule has 0 atom stereocenters. The summed E-state index contributed by atoms with van der Waals surface area (Å²) < 4.78 is 5.79. The van der Waals surface area contributed by atoms with Crippen molar-refractivity contribution in [2.45, 2.75) is 39.5 Å². The first-order chi connectivity index (χ1) is 12.8. The van der Waals surface area contributed by atoms with E-state index in [1.807, 2.05) is 18.2 Å². The highest BCUT2D eigenvalue weighted by molar-refractivity contribution is 5.79. The quantitative estimate of drug-likeness (QED) is 0.532. The van der Waals surface area contributed by atoms with E-state index in [0.29, 0.717) is 19.8 Å². The molecule has 26 heavy (non-hydrogen) atoms. The molecule has 0 heterocycles. The van der Waals surface area contributed by atoms with Crippen molar-refractivity contribution in [2.24, 2.45) is 10.9 Å². The van der Waals surface area contributed by atoms with Crippen LogP contribution in [0.2, 0.25) is 0 Å². The Morgan fingerprint density at radius 3 is 2.23 bits per heavy atom. The van der Waals surface area contributed by atoms with Crippen molar-refractivity contribution < 1.29 is 4.74 Å². The fourth-order valence-electron chi connectivity index (χ4n) is 2.68. The van der Waals surface area contributed by atoms with Crippen molar-refractivity contribution >= 4 is 5.96 Å².